The maximum absolute atomic E-state index is 12.3. The van der Waals surface area contributed by atoms with Crippen molar-refractivity contribution in [2.75, 3.05) is 13.1 Å². The predicted molar refractivity (Wildman–Crippen MR) is 105 cm³/mol. The van der Waals surface area contributed by atoms with Gasteiger partial charge in [0, 0.05) is 30.9 Å². The summed E-state index contributed by atoms with van der Waals surface area (Å²) in [5, 5.41) is 14.1. The van der Waals surface area contributed by atoms with E-state index in [1.807, 2.05) is 33.0 Å². The number of rotatable bonds is 2. The third-order valence-electron chi connectivity index (χ3n) is 4.94. The van der Waals surface area contributed by atoms with Crippen molar-refractivity contribution in [3.8, 4) is 17.5 Å². The van der Waals surface area contributed by atoms with Gasteiger partial charge in [0.1, 0.15) is 22.9 Å². The number of furan rings is 1. The van der Waals surface area contributed by atoms with Crippen molar-refractivity contribution in [1.29, 1.82) is 5.26 Å². The van der Waals surface area contributed by atoms with Crippen molar-refractivity contribution in [2.45, 2.75) is 45.1 Å². The van der Waals surface area contributed by atoms with Gasteiger partial charge in [-0.3, -0.25) is 0 Å². The van der Waals surface area contributed by atoms with E-state index in [4.69, 9.17) is 14.1 Å². The van der Waals surface area contributed by atoms with E-state index in [1.54, 1.807) is 27.8 Å². The molecule has 3 aromatic rings. The van der Waals surface area contributed by atoms with Crippen LogP contribution >= 0.6 is 0 Å². The molecule has 1 fully saturated rings. The second kappa shape index (κ2) is 7.24. The van der Waals surface area contributed by atoms with E-state index in [9.17, 15) is 10.1 Å². The first-order valence-corrected chi connectivity index (χ1v) is 9.67. The van der Waals surface area contributed by atoms with Gasteiger partial charge < -0.3 is 14.1 Å². The number of hydrogen-bond acceptors (Lipinski definition) is 6. The van der Waals surface area contributed by atoms with Gasteiger partial charge in [-0.05, 0) is 51.8 Å². The van der Waals surface area contributed by atoms with Crippen molar-refractivity contribution < 1.29 is 13.9 Å². The third kappa shape index (κ3) is 3.81. The predicted octanol–water partition coefficient (Wildman–Crippen LogP) is 3.98. The Morgan fingerprint density at radius 2 is 2.07 bits per heavy atom. The van der Waals surface area contributed by atoms with Crippen LogP contribution in [0.25, 0.3) is 17.1 Å². The molecule has 1 amide bonds. The number of amides is 1. The zero-order chi connectivity index (χ0) is 20.6. The van der Waals surface area contributed by atoms with Crippen molar-refractivity contribution in [2.24, 2.45) is 0 Å². The van der Waals surface area contributed by atoms with Gasteiger partial charge in [0.15, 0.2) is 11.4 Å². The summed E-state index contributed by atoms with van der Waals surface area (Å²) in [7, 11) is 0. The summed E-state index contributed by atoms with van der Waals surface area (Å²) in [6.45, 7) is 6.84. The highest BCUT2D eigenvalue weighted by Crippen LogP contribution is 2.30. The van der Waals surface area contributed by atoms with E-state index in [1.165, 1.54) is 0 Å². The second-order valence-corrected chi connectivity index (χ2v) is 8.17. The fraction of sp³-hybridized carbons (Fsp3) is 0.429. The van der Waals surface area contributed by atoms with E-state index in [2.05, 4.69) is 11.2 Å². The fourth-order valence-corrected chi connectivity index (χ4v) is 3.54. The molecule has 1 aliphatic heterocycles. The van der Waals surface area contributed by atoms with Crippen LogP contribution in [0.4, 0.5) is 4.79 Å². The zero-order valence-electron chi connectivity index (χ0n) is 16.8. The molecule has 0 saturated carbocycles. The highest BCUT2D eigenvalue weighted by atomic mass is 16.6. The first-order chi connectivity index (χ1) is 13.9. The molecule has 0 radical (unpaired) electrons. The van der Waals surface area contributed by atoms with E-state index < -0.39 is 5.60 Å². The van der Waals surface area contributed by atoms with E-state index >= 15 is 0 Å². The molecule has 1 saturated heterocycles. The Balaban J connectivity index is 1.54. The summed E-state index contributed by atoms with van der Waals surface area (Å²) in [6, 6.07) is 7.67. The molecule has 4 rings (SSSR count). The number of fused-ring (bicyclic) bond motifs is 1. The van der Waals surface area contributed by atoms with Crippen LogP contribution in [-0.2, 0) is 4.74 Å². The van der Waals surface area contributed by atoms with Crippen LogP contribution in [0, 0.1) is 11.3 Å². The first-order valence-electron chi connectivity index (χ1n) is 9.67. The van der Waals surface area contributed by atoms with Gasteiger partial charge in [-0.1, -0.05) is 0 Å². The van der Waals surface area contributed by atoms with Gasteiger partial charge in [0.05, 0.1) is 6.26 Å². The van der Waals surface area contributed by atoms with Crippen LogP contribution < -0.4 is 0 Å². The molecule has 8 heteroatoms. The number of carbonyl (C=O) groups is 1. The molecule has 0 unspecified atom stereocenters. The van der Waals surface area contributed by atoms with Gasteiger partial charge in [-0.2, -0.15) is 10.4 Å². The lowest BCUT2D eigenvalue weighted by Crippen LogP contribution is -2.41. The lowest BCUT2D eigenvalue weighted by Gasteiger charge is -2.33. The number of aromatic nitrogens is 3. The Bertz CT molecular complexity index is 1060. The second-order valence-electron chi connectivity index (χ2n) is 8.17. The molecule has 0 bridgehead atoms. The van der Waals surface area contributed by atoms with Crippen LogP contribution in [0.15, 0.2) is 35.1 Å². The number of nitriles is 1. The molecular formula is C21H23N5O3. The lowest BCUT2D eigenvalue weighted by molar-refractivity contribution is 0.0204. The summed E-state index contributed by atoms with van der Waals surface area (Å²) >= 11 is 0. The molecule has 0 spiro atoms. The largest absolute Gasteiger partial charge is 0.463 e. The number of likely N-dealkylation sites (tertiary alicyclic amines) is 1. The molecule has 4 heterocycles. The van der Waals surface area contributed by atoms with Gasteiger partial charge in [-0.15, -0.1) is 0 Å². The molecule has 0 aromatic carbocycles. The molecule has 8 nitrogen and oxygen atoms in total. The molecule has 0 aliphatic carbocycles. The van der Waals surface area contributed by atoms with Crippen LogP contribution in [0.5, 0.6) is 0 Å². The van der Waals surface area contributed by atoms with E-state index in [0.29, 0.717) is 35.8 Å². The van der Waals surface area contributed by atoms with Crippen molar-refractivity contribution >= 4 is 11.7 Å². The Hall–Kier alpha value is -3.34. The van der Waals surface area contributed by atoms with Crippen molar-refractivity contribution in [1.82, 2.24) is 19.5 Å². The van der Waals surface area contributed by atoms with Crippen LogP contribution in [0.1, 0.15) is 50.8 Å². The maximum Gasteiger partial charge on any atom is 0.410 e. The summed E-state index contributed by atoms with van der Waals surface area (Å²) in [6.07, 6.45) is 4.70. The standard InChI is InChI=1S/C21H23N5O3/c1-21(2,3)29-20(27)25-9-6-14(7-10-25)16-8-11-26-19(23-16)15(13-22)18(24-26)17-5-4-12-28-17/h4-5,8,11-12,14H,6-7,9-10H2,1-3H3. The minimum atomic E-state index is -0.498. The first kappa shape index (κ1) is 19.0. The summed E-state index contributed by atoms with van der Waals surface area (Å²) in [4.78, 5) is 18.7. The van der Waals surface area contributed by atoms with Crippen molar-refractivity contribution in [3.05, 3.63) is 41.9 Å². The number of carbonyl (C=O) groups excluding carboxylic acids is 1. The van der Waals surface area contributed by atoms with E-state index in [-0.39, 0.29) is 12.0 Å². The molecule has 0 N–H and O–H groups in total. The summed E-state index contributed by atoms with van der Waals surface area (Å²) < 4.78 is 12.5. The normalized spacial score (nSPS) is 15.4. The number of hydrogen-bond donors (Lipinski definition) is 0. The minimum Gasteiger partial charge on any atom is -0.463 e. The van der Waals surface area contributed by atoms with Crippen LogP contribution in [0.2, 0.25) is 0 Å². The SMILES string of the molecule is CC(C)(C)OC(=O)N1CCC(c2ccn3nc(-c4ccco4)c(C#N)c3n2)CC1. The Morgan fingerprint density at radius 1 is 1.31 bits per heavy atom. The molecule has 29 heavy (non-hydrogen) atoms. The number of ether oxygens (including phenoxy) is 1. The van der Waals surface area contributed by atoms with Gasteiger partial charge in [-0.25, -0.2) is 14.3 Å². The van der Waals surface area contributed by atoms with Crippen LogP contribution in [0.3, 0.4) is 0 Å². The molecule has 150 valence electrons. The topological polar surface area (TPSA) is 96.7 Å². The monoisotopic (exact) mass is 393 g/mol. The molecule has 3 aromatic heterocycles. The number of nitrogens with zero attached hydrogens (tertiary/aromatic N) is 5. The Labute approximate surface area is 168 Å². The highest BCUT2D eigenvalue weighted by molar-refractivity contribution is 5.72. The quantitative estimate of drug-likeness (QED) is 0.653. The summed E-state index contributed by atoms with van der Waals surface area (Å²) in [5.74, 6) is 0.756. The summed E-state index contributed by atoms with van der Waals surface area (Å²) in [5.41, 5.74) is 1.81. The lowest BCUT2D eigenvalue weighted by atomic mass is 9.93. The minimum absolute atomic E-state index is 0.215. The average Bonchev–Trinajstić information content (AvgIpc) is 3.33. The average molecular weight is 393 g/mol. The number of piperidine rings is 1. The van der Waals surface area contributed by atoms with E-state index in [0.717, 1.165) is 18.5 Å². The highest BCUT2D eigenvalue weighted by Gasteiger charge is 2.28. The maximum atomic E-state index is 12.3. The van der Waals surface area contributed by atoms with Crippen molar-refractivity contribution in [3.63, 3.8) is 0 Å². The van der Waals surface area contributed by atoms with Gasteiger partial charge in [0.25, 0.3) is 0 Å². The third-order valence-corrected chi connectivity index (χ3v) is 4.94. The zero-order valence-corrected chi connectivity index (χ0v) is 16.8. The molecule has 0 atom stereocenters. The molecular weight excluding hydrogens is 370 g/mol. The Kier molecular flexibility index (Phi) is 4.74. The Morgan fingerprint density at radius 3 is 2.69 bits per heavy atom. The van der Waals surface area contributed by atoms with Gasteiger partial charge in [0.2, 0.25) is 0 Å². The fourth-order valence-electron chi connectivity index (χ4n) is 3.54. The van der Waals surface area contributed by atoms with Crippen LogP contribution in [-0.4, -0.2) is 44.3 Å². The van der Waals surface area contributed by atoms with Gasteiger partial charge >= 0.3 is 6.09 Å². The molecule has 1 aliphatic rings. The smallest absolute Gasteiger partial charge is 0.410 e.